The maximum atomic E-state index is 12.1. The summed E-state index contributed by atoms with van der Waals surface area (Å²) in [5, 5.41) is 9.57. The molecule has 0 saturated heterocycles. The van der Waals surface area contributed by atoms with Crippen LogP contribution in [0.3, 0.4) is 0 Å². The quantitative estimate of drug-likeness (QED) is 0.545. The first-order valence-corrected chi connectivity index (χ1v) is 7.27. The molecule has 2 aromatic carbocycles. The molecule has 118 valence electrons. The summed E-state index contributed by atoms with van der Waals surface area (Å²) in [5.74, 6) is 0.239. The monoisotopic (exact) mass is 319 g/mol. The molecule has 1 aromatic heterocycles. The minimum absolute atomic E-state index is 0.145. The maximum absolute atomic E-state index is 12.1. The van der Waals surface area contributed by atoms with Crippen LogP contribution in [0.1, 0.15) is 21.5 Å². The van der Waals surface area contributed by atoms with Crippen molar-refractivity contribution in [3.05, 3.63) is 75.6 Å². The molecule has 0 aliphatic carbocycles. The van der Waals surface area contributed by atoms with E-state index in [0.29, 0.717) is 22.5 Å². The number of ether oxygens (including phenoxy) is 1. The Balaban J connectivity index is 1.76. The number of nitrogens with zero attached hydrogens (tertiary/aromatic N) is 1. The average Bonchev–Trinajstić information content (AvgIpc) is 2.59. The first-order valence-electron chi connectivity index (χ1n) is 7.27. The highest BCUT2D eigenvalue weighted by molar-refractivity contribution is 5.97. The van der Waals surface area contributed by atoms with Crippen LogP contribution in [0.25, 0.3) is 11.0 Å². The van der Waals surface area contributed by atoms with E-state index >= 15 is 0 Å². The number of carbonyl (C=O) groups excluding carboxylic acids is 1. The van der Waals surface area contributed by atoms with Crippen molar-refractivity contribution in [2.75, 3.05) is 6.61 Å². The number of ketones is 1. The number of aryl methyl sites for hydroxylation is 1. The van der Waals surface area contributed by atoms with Crippen molar-refractivity contribution in [2.24, 2.45) is 0 Å². The van der Waals surface area contributed by atoms with E-state index < -0.39 is 5.63 Å². The third-order valence-electron chi connectivity index (χ3n) is 3.63. The molecule has 0 amide bonds. The summed E-state index contributed by atoms with van der Waals surface area (Å²) in [6.45, 7) is 1.68. The van der Waals surface area contributed by atoms with Crippen molar-refractivity contribution in [2.45, 2.75) is 6.92 Å². The van der Waals surface area contributed by atoms with Crippen LogP contribution in [0.4, 0.5) is 0 Å². The average molecular weight is 319 g/mol. The van der Waals surface area contributed by atoms with Gasteiger partial charge in [-0.3, -0.25) is 4.79 Å². The van der Waals surface area contributed by atoms with E-state index in [1.54, 1.807) is 42.5 Å². The normalized spacial score (nSPS) is 10.3. The standard InChI is InChI=1S/C19H13NO4/c1-12-8-19(22)24-18-9-15(6-7-16(12)18)23-11-17(21)14-4-2-13(10-20)3-5-14/h2-9H,11H2,1H3. The molecule has 0 N–H and O–H groups in total. The van der Waals surface area contributed by atoms with Crippen molar-refractivity contribution in [3.8, 4) is 11.8 Å². The number of benzene rings is 2. The molecule has 1 heterocycles. The Morgan fingerprint density at radius 3 is 2.62 bits per heavy atom. The van der Waals surface area contributed by atoms with Crippen LogP contribution in [-0.2, 0) is 0 Å². The van der Waals surface area contributed by atoms with Gasteiger partial charge in [0.05, 0.1) is 11.6 Å². The lowest BCUT2D eigenvalue weighted by Crippen LogP contribution is -2.11. The van der Waals surface area contributed by atoms with Gasteiger partial charge in [-0.15, -0.1) is 0 Å². The second-order valence-electron chi connectivity index (χ2n) is 5.31. The lowest BCUT2D eigenvalue weighted by molar-refractivity contribution is 0.0921. The number of rotatable bonds is 4. The lowest BCUT2D eigenvalue weighted by Gasteiger charge is -2.07. The van der Waals surface area contributed by atoms with Gasteiger partial charge in [-0.2, -0.15) is 5.26 Å². The summed E-state index contributed by atoms with van der Waals surface area (Å²) in [6.07, 6.45) is 0. The summed E-state index contributed by atoms with van der Waals surface area (Å²) < 4.78 is 10.6. The highest BCUT2D eigenvalue weighted by Gasteiger charge is 2.09. The zero-order valence-corrected chi connectivity index (χ0v) is 12.9. The molecule has 0 radical (unpaired) electrons. The summed E-state index contributed by atoms with van der Waals surface area (Å²) in [7, 11) is 0. The van der Waals surface area contributed by atoms with Gasteiger partial charge in [-0.05, 0) is 48.9 Å². The second-order valence-corrected chi connectivity index (χ2v) is 5.31. The third kappa shape index (κ3) is 3.18. The van der Waals surface area contributed by atoms with Crippen LogP contribution in [0.15, 0.2) is 57.7 Å². The number of Topliss-reactive ketones (excluding diaryl/α,β-unsaturated/α-hetero) is 1. The zero-order chi connectivity index (χ0) is 17.1. The number of hydrogen-bond acceptors (Lipinski definition) is 5. The summed E-state index contributed by atoms with van der Waals surface area (Å²) in [6, 6.07) is 14.9. The van der Waals surface area contributed by atoms with Crippen molar-refractivity contribution < 1.29 is 13.9 Å². The molecular weight excluding hydrogens is 306 g/mol. The lowest BCUT2D eigenvalue weighted by atomic mass is 10.1. The molecule has 0 fully saturated rings. The maximum Gasteiger partial charge on any atom is 0.336 e. The Bertz CT molecular complexity index is 1010. The van der Waals surface area contributed by atoms with E-state index in [1.807, 2.05) is 13.0 Å². The molecule has 3 rings (SSSR count). The van der Waals surface area contributed by atoms with Crippen LogP contribution < -0.4 is 10.4 Å². The van der Waals surface area contributed by atoms with E-state index in [9.17, 15) is 9.59 Å². The van der Waals surface area contributed by atoms with Gasteiger partial charge in [0.1, 0.15) is 11.3 Å². The predicted octanol–water partition coefficient (Wildman–Crippen LogP) is 3.23. The number of nitriles is 1. The number of carbonyl (C=O) groups is 1. The molecule has 5 nitrogen and oxygen atoms in total. The van der Waals surface area contributed by atoms with Crippen LogP contribution in [0.2, 0.25) is 0 Å². The van der Waals surface area contributed by atoms with E-state index in [2.05, 4.69) is 0 Å². The Morgan fingerprint density at radius 2 is 1.92 bits per heavy atom. The van der Waals surface area contributed by atoms with Crippen LogP contribution in [0.5, 0.6) is 5.75 Å². The zero-order valence-electron chi connectivity index (χ0n) is 12.9. The largest absolute Gasteiger partial charge is 0.485 e. The van der Waals surface area contributed by atoms with Gasteiger partial charge in [0.15, 0.2) is 12.4 Å². The van der Waals surface area contributed by atoms with Gasteiger partial charge in [0.2, 0.25) is 0 Å². The van der Waals surface area contributed by atoms with Crippen molar-refractivity contribution in [1.82, 2.24) is 0 Å². The highest BCUT2D eigenvalue weighted by Crippen LogP contribution is 2.22. The first kappa shape index (κ1) is 15.5. The predicted molar refractivity (Wildman–Crippen MR) is 88.2 cm³/mol. The molecular formula is C19H13NO4. The van der Waals surface area contributed by atoms with Gasteiger partial charge < -0.3 is 9.15 Å². The van der Waals surface area contributed by atoms with Gasteiger partial charge in [-0.25, -0.2) is 4.79 Å². The molecule has 24 heavy (non-hydrogen) atoms. The number of hydrogen-bond donors (Lipinski definition) is 0. The van der Waals surface area contributed by atoms with Gasteiger partial charge in [-0.1, -0.05) is 0 Å². The highest BCUT2D eigenvalue weighted by atomic mass is 16.5. The van der Waals surface area contributed by atoms with E-state index in [-0.39, 0.29) is 12.4 Å². The topological polar surface area (TPSA) is 80.3 Å². The summed E-state index contributed by atoms with van der Waals surface area (Å²) >= 11 is 0. The molecule has 0 bridgehead atoms. The minimum atomic E-state index is -0.425. The third-order valence-corrected chi connectivity index (χ3v) is 3.63. The van der Waals surface area contributed by atoms with Crippen molar-refractivity contribution in [3.63, 3.8) is 0 Å². The molecule has 0 spiro atoms. The van der Waals surface area contributed by atoms with Gasteiger partial charge >= 0.3 is 5.63 Å². The summed E-state index contributed by atoms with van der Waals surface area (Å²) in [4.78, 5) is 23.5. The number of fused-ring (bicyclic) bond motifs is 1. The Morgan fingerprint density at radius 1 is 1.17 bits per heavy atom. The Hall–Kier alpha value is -3.39. The fraction of sp³-hybridized carbons (Fsp3) is 0.105. The van der Waals surface area contributed by atoms with Gasteiger partial charge in [0.25, 0.3) is 0 Å². The van der Waals surface area contributed by atoms with E-state index in [0.717, 1.165) is 10.9 Å². The smallest absolute Gasteiger partial charge is 0.336 e. The van der Waals surface area contributed by atoms with Crippen molar-refractivity contribution >= 4 is 16.8 Å². The SMILES string of the molecule is Cc1cc(=O)oc2cc(OCC(=O)c3ccc(C#N)cc3)ccc12. The van der Waals surface area contributed by atoms with Crippen LogP contribution in [0, 0.1) is 18.3 Å². The van der Waals surface area contributed by atoms with E-state index in [1.165, 1.54) is 6.07 Å². The molecule has 0 saturated carbocycles. The van der Waals surface area contributed by atoms with Crippen LogP contribution in [-0.4, -0.2) is 12.4 Å². The van der Waals surface area contributed by atoms with Crippen molar-refractivity contribution in [1.29, 1.82) is 5.26 Å². The van der Waals surface area contributed by atoms with Crippen LogP contribution >= 0.6 is 0 Å². The fourth-order valence-electron chi connectivity index (χ4n) is 2.36. The fourth-order valence-corrected chi connectivity index (χ4v) is 2.36. The Kier molecular flexibility index (Phi) is 4.13. The second kappa shape index (κ2) is 6.39. The minimum Gasteiger partial charge on any atom is -0.485 e. The van der Waals surface area contributed by atoms with Gasteiger partial charge in [0, 0.05) is 23.1 Å². The molecule has 0 aliphatic rings. The Labute approximate surface area is 137 Å². The van der Waals surface area contributed by atoms with E-state index in [4.69, 9.17) is 14.4 Å². The molecule has 5 heteroatoms. The molecule has 0 aliphatic heterocycles. The molecule has 0 atom stereocenters. The molecule has 0 unspecified atom stereocenters. The molecule has 3 aromatic rings. The summed E-state index contributed by atoms with van der Waals surface area (Å²) in [5.41, 5.74) is 1.78. The first-order chi connectivity index (χ1) is 11.6.